The minimum atomic E-state index is -4.67. The van der Waals surface area contributed by atoms with E-state index in [1.54, 1.807) is 24.3 Å². The molecule has 0 fully saturated rings. The number of nitrogens with two attached hydrogens (primary N) is 1. The van der Waals surface area contributed by atoms with Gasteiger partial charge in [-0.05, 0) is 24.6 Å². The molecule has 0 aliphatic carbocycles. The van der Waals surface area contributed by atoms with E-state index < -0.39 is 16.4 Å². The number of aromatic carboxylic acids is 1. The second-order valence-corrected chi connectivity index (χ2v) is 4.06. The molecule has 0 bridgehead atoms. The van der Waals surface area contributed by atoms with Crippen molar-refractivity contribution < 1.29 is 27.4 Å². The Kier molecular flexibility index (Phi) is 5.75. The summed E-state index contributed by atoms with van der Waals surface area (Å²) in [5, 5.41) is 8.58. The first-order valence-electron chi connectivity index (χ1n) is 4.40. The normalized spacial score (nSPS) is 12.2. The number of hydrogen-bond acceptors (Lipinski definition) is 4. The van der Waals surface area contributed by atoms with Crippen LogP contribution in [0.15, 0.2) is 24.3 Å². The topological polar surface area (TPSA) is 138 Å². The lowest BCUT2D eigenvalue weighted by atomic mass is 10.1. The average Bonchev–Trinajstić information content (AvgIpc) is 2.15. The maximum Gasteiger partial charge on any atom is 0.394 e. The quantitative estimate of drug-likeness (QED) is 0.577. The molecule has 0 spiro atoms. The number of benzene rings is 1. The van der Waals surface area contributed by atoms with Gasteiger partial charge in [-0.1, -0.05) is 12.1 Å². The Hall–Kier alpha value is -1.48. The Morgan fingerprint density at radius 2 is 1.59 bits per heavy atom. The average molecular weight is 263 g/mol. The van der Waals surface area contributed by atoms with Crippen LogP contribution in [-0.4, -0.2) is 28.6 Å². The van der Waals surface area contributed by atoms with E-state index in [1.807, 2.05) is 6.92 Å². The number of carboxylic acids is 1. The van der Waals surface area contributed by atoms with Crippen LogP contribution < -0.4 is 5.73 Å². The molecule has 8 heteroatoms. The lowest BCUT2D eigenvalue weighted by Crippen LogP contribution is -2.05. The fourth-order valence-corrected chi connectivity index (χ4v) is 0.929. The lowest BCUT2D eigenvalue weighted by Gasteiger charge is -2.04. The van der Waals surface area contributed by atoms with Crippen LogP contribution in [0.25, 0.3) is 0 Å². The zero-order valence-corrected chi connectivity index (χ0v) is 9.76. The monoisotopic (exact) mass is 263 g/mol. The van der Waals surface area contributed by atoms with Crippen molar-refractivity contribution >= 4 is 16.4 Å². The van der Waals surface area contributed by atoms with E-state index in [1.165, 1.54) is 0 Å². The Balaban J connectivity index is 0.000000437. The summed E-state index contributed by atoms with van der Waals surface area (Å²) in [6, 6.07) is 6.53. The first-order valence-corrected chi connectivity index (χ1v) is 5.79. The molecule has 0 aliphatic heterocycles. The van der Waals surface area contributed by atoms with E-state index in [9.17, 15) is 4.79 Å². The highest BCUT2D eigenvalue weighted by Crippen LogP contribution is 2.10. The van der Waals surface area contributed by atoms with Gasteiger partial charge in [-0.25, -0.2) is 4.79 Å². The minimum Gasteiger partial charge on any atom is -0.478 e. The lowest BCUT2D eigenvalue weighted by molar-refractivity contribution is 0.0697. The van der Waals surface area contributed by atoms with Crippen molar-refractivity contribution in [2.24, 2.45) is 5.73 Å². The summed E-state index contributed by atoms with van der Waals surface area (Å²) in [5.74, 6) is -0.911. The third kappa shape index (κ3) is 8.34. The number of hydrogen-bond donors (Lipinski definition) is 4. The fraction of sp³-hybridized carbons (Fsp3) is 0.222. The number of rotatable bonds is 2. The van der Waals surface area contributed by atoms with Crippen molar-refractivity contribution in [2.45, 2.75) is 13.0 Å². The van der Waals surface area contributed by atoms with Gasteiger partial charge >= 0.3 is 16.4 Å². The highest BCUT2D eigenvalue weighted by molar-refractivity contribution is 7.79. The van der Waals surface area contributed by atoms with Crippen LogP contribution in [-0.2, 0) is 10.4 Å². The summed E-state index contributed by atoms with van der Waals surface area (Å²) in [7, 11) is -4.67. The largest absolute Gasteiger partial charge is 0.478 e. The summed E-state index contributed by atoms with van der Waals surface area (Å²) < 4.78 is 31.6. The van der Waals surface area contributed by atoms with E-state index in [0.29, 0.717) is 5.56 Å². The Labute approximate surface area is 98.5 Å². The predicted molar refractivity (Wildman–Crippen MR) is 60.2 cm³/mol. The summed E-state index contributed by atoms with van der Waals surface area (Å²) in [6.45, 7) is 1.86. The molecule has 96 valence electrons. The van der Waals surface area contributed by atoms with E-state index in [4.69, 9.17) is 28.4 Å². The van der Waals surface area contributed by atoms with Crippen LogP contribution in [0.3, 0.4) is 0 Å². The van der Waals surface area contributed by atoms with Crippen LogP contribution in [0.4, 0.5) is 0 Å². The molecule has 1 aromatic carbocycles. The van der Waals surface area contributed by atoms with Gasteiger partial charge in [-0.3, -0.25) is 9.11 Å². The van der Waals surface area contributed by atoms with E-state index in [-0.39, 0.29) is 6.04 Å². The third-order valence-electron chi connectivity index (χ3n) is 1.68. The van der Waals surface area contributed by atoms with Crippen molar-refractivity contribution in [3.8, 4) is 0 Å². The molecule has 0 unspecified atom stereocenters. The van der Waals surface area contributed by atoms with Gasteiger partial charge in [0, 0.05) is 6.04 Å². The van der Waals surface area contributed by atoms with Gasteiger partial charge < -0.3 is 10.8 Å². The van der Waals surface area contributed by atoms with Gasteiger partial charge in [0.2, 0.25) is 0 Å². The molecule has 0 saturated carbocycles. The van der Waals surface area contributed by atoms with Gasteiger partial charge in [0.05, 0.1) is 5.56 Å². The Morgan fingerprint density at radius 1 is 1.24 bits per heavy atom. The Morgan fingerprint density at radius 3 is 1.82 bits per heavy atom. The van der Waals surface area contributed by atoms with Crippen molar-refractivity contribution in [2.75, 3.05) is 0 Å². The summed E-state index contributed by atoms with van der Waals surface area (Å²) >= 11 is 0. The maximum absolute atomic E-state index is 10.5. The van der Waals surface area contributed by atoms with Crippen molar-refractivity contribution in [1.29, 1.82) is 0 Å². The van der Waals surface area contributed by atoms with Gasteiger partial charge in [-0.2, -0.15) is 8.42 Å². The molecule has 17 heavy (non-hydrogen) atoms. The Bertz CT molecular complexity index is 457. The maximum atomic E-state index is 10.5. The fourth-order valence-electron chi connectivity index (χ4n) is 0.929. The molecule has 7 nitrogen and oxygen atoms in total. The molecule has 0 saturated heterocycles. The van der Waals surface area contributed by atoms with Crippen LogP contribution in [0.5, 0.6) is 0 Å². The van der Waals surface area contributed by atoms with Crippen molar-refractivity contribution in [1.82, 2.24) is 0 Å². The molecule has 5 N–H and O–H groups in total. The number of carbonyl (C=O) groups is 1. The van der Waals surface area contributed by atoms with Crippen molar-refractivity contribution in [3.05, 3.63) is 35.4 Å². The molecule has 0 aromatic heterocycles. The van der Waals surface area contributed by atoms with E-state index >= 15 is 0 Å². The number of carboxylic acid groups (broad SMARTS) is 1. The second kappa shape index (κ2) is 6.30. The van der Waals surface area contributed by atoms with Gasteiger partial charge in [0.25, 0.3) is 0 Å². The zero-order valence-electron chi connectivity index (χ0n) is 8.94. The van der Waals surface area contributed by atoms with Gasteiger partial charge in [0.15, 0.2) is 0 Å². The first-order chi connectivity index (χ1) is 7.61. The van der Waals surface area contributed by atoms with Gasteiger partial charge in [0.1, 0.15) is 0 Å². The van der Waals surface area contributed by atoms with E-state index in [2.05, 4.69) is 0 Å². The molecule has 0 amide bonds. The van der Waals surface area contributed by atoms with Crippen LogP contribution in [0, 0.1) is 0 Å². The summed E-state index contributed by atoms with van der Waals surface area (Å²) in [4.78, 5) is 10.5. The SMILES string of the molecule is C[C@@H](N)c1ccc(C(=O)O)cc1.O=S(=O)(O)O. The minimum absolute atomic E-state index is 0.0483. The molecule has 1 rings (SSSR count). The highest BCUT2D eigenvalue weighted by Gasteiger charge is 2.03. The summed E-state index contributed by atoms with van der Waals surface area (Å²) in [6.07, 6.45) is 0. The standard InChI is InChI=1S/C9H11NO2.H2O4S/c1-6(10)7-2-4-8(5-3-7)9(11)12;1-5(2,3)4/h2-6H,10H2,1H3,(H,11,12);(H2,1,2,3,4)/t6-;/m1./s1. The molecule has 1 aromatic rings. The second-order valence-electron chi connectivity index (χ2n) is 3.16. The van der Waals surface area contributed by atoms with Crippen molar-refractivity contribution in [3.63, 3.8) is 0 Å². The van der Waals surface area contributed by atoms with Crippen LogP contribution in [0.1, 0.15) is 28.9 Å². The van der Waals surface area contributed by atoms with E-state index in [0.717, 1.165) is 5.56 Å². The van der Waals surface area contributed by atoms with Gasteiger partial charge in [-0.15, -0.1) is 0 Å². The molecule has 0 radical (unpaired) electrons. The molecular weight excluding hydrogens is 250 g/mol. The highest BCUT2D eigenvalue weighted by atomic mass is 32.3. The predicted octanol–water partition coefficient (Wildman–Crippen LogP) is 0.752. The van der Waals surface area contributed by atoms with Crippen LogP contribution >= 0.6 is 0 Å². The molecule has 1 atom stereocenters. The van der Waals surface area contributed by atoms with Crippen LogP contribution in [0.2, 0.25) is 0 Å². The molecular formula is C9H13NO6S. The summed E-state index contributed by atoms with van der Waals surface area (Å²) in [5.41, 5.74) is 6.83. The molecule has 0 heterocycles. The zero-order chi connectivity index (χ0) is 13.6. The molecule has 0 aliphatic rings. The third-order valence-corrected chi connectivity index (χ3v) is 1.68. The smallest absolute Gasteiger partial charge is 0.394 e. The first kappa shape index (κ1) is 15.5.